The zero-order chi connectivity index (χ0) is 19.8. The molecule has 1 aliphatic heterocycles. The van der Waals surface area contributed by atoms with Crippen LogP contribution in [0.5, 0.6) is 0 Å². The molecule has 1 aliphatic rings. The molecule has 27 heavy (non-hydrogen) atoms. The van der Waals surface area contributed by atoms with Gasteiger partial charge in [-0.05, 0) is 59.6 Å². The van der Waals surface area contributed by atoms with Gasteiger partial charge in [0.15, 0.2) is 5.82 Å². The van der Waals surface area contributed by atoms with E-state index in [1.165, 1.54) is 12.1 Å². The van der Waals surface area contributed by atoms with Crippen LogP contribution in [-0.2, 0) is 6.54 Å². The Labute approximate surface area is 160 Å². The van der Waals surface area contributed by atoms with Crippen molar-refractivity contribution in [1.29, 1.82) is 0 Å². The SMILES string of the molecule is Cc1nn(-c2ccc(F)cc2F)c(C)c1CNC1CCN(C(C)(C)C)CC1. The molecule has 148 valence electrons. The lowest BCUT2D eigenvalue weighted by atomic mass is 9.98. The molecule has 4 nitrogen and oxygen atoms in total. The van der Waals surface area contributed by atoms with E-state index in [1.54, 1.807) is 4.68 Å². The quantitative estimate of drug-likeness (QED) is 0.871. The first-order chi connectivity index (χ1) is 12.7. The van der Waals surface area contributed by atoms with Crippen molar-refractivity contribution in [3.63, 3.8) is 0 Å². The summed E-state index contributed by atoms with van der Waals surface area (Å²) >= 11 is 0. The monoisotopic (exact) mass is 376 g/mol. The van der Waals surface area contributed by atoms with E-state index < -0.39 is 11.6 Å². The second kappa shape index (κ2) is 7.68. The van der Waals surface area contributed by atoms with Crippen LogP contribution in [-0.4, -0.2) is 39.4 Å². The van der Waals surface area contributed by atoms with Crippen LogP contribution in [0.25, 0.3) is 5.69 Å². The van der Waals surface area contributed by atoms with Gasteiger partial charge in [-0.25, -0.2) is 13.5 Å². The Balaban J connectivity index is 1.68. The Bertz CT molecular complexity index is 799. The molecular weight excluding hydrogens is 346 g/mol. The van der Waals surface area contributed by atoms with Crippen LogP contribution in [0.3, 0.4) is 0 Å². The molecule has 1 saturated heterocycles. The normalized spacial score (nSPS) is 16.9. The van der Waals surface area contributed by atoms with Crippen LogP contribution in [0, 0.1) is 25.5 Å². The van der Waals surface area contributed by atoms with Gasteiger partial charge in [0, 0.05) is 48.5 Å². The van der Waals surface area contributed by atoms with Crippen molar-refractivity contribution in [1.82, 2.24) is 20.0 Å². The van der Waals surface area contributed by atoms with Crippen LogP contribution in [0.15, 0.2) is 18.2 Å². The van der Waals surface area contributed by atoms with E-state index in [2.05, 4.69) is 36.1 Å². The number of piperidine rings is 1. The van der Waals surface area contributed by atoms with Crippen molar-refractivity contribution in [3.05, 3.63) is 46.8 Å². The Morgan fingerprint density at radius 1 is 1.15 bits per heavy atom. The average Bonchev–Trinajstić information content (AvgIpc) is 2.87. The number of hydrogen-bond acceptors (Lipinski definition) is 3. The van der Waals surface area contributed by atoms with Crippen molar-refractivity contribution in [3.8, 4) is 5.69 Å². The number of nitrogens with zero attached hydrogens (tertiary/aromatic N) is 3. The molecule has 2 aromatic rings. The van der Waals surface area contributed by atoms with Gasteiger partial charge in [0.25, 0.3) is 0 Å². The molecule has 1 N–H and O–H groups in total. The van der Waals surface area contributed by atoms with Gasteiger partial charge in [-0.2, -0.15) is 5.10 Å². The molecule has 0 saturated carbocycles. The van der Waals surface area contributed by atoms with E-state index in [1.807, 2.05) is 13.8 Å². The first-order valence-corrected chi connectivity index (χ1v) is 9.66. The highest BCUT2D eigenvalue weighted by Crippen LogP contribution is 2.23. The van der Waals surface area contributed by atoms with Crippen molar-refractivity contribution in [2.45, 2.75) is 65.6 Å². The van der Waals surface area contributed by atoms with Gasteiger partial charge >= 0.3 is 0 Å². The van der Waals surface area contributed by atoms with Gasteiger partial charge in [-0.3, -0.25) is 4.90 Å². The van der Waals surface area contributed by atoms with E-state index in [4.69, 9.17) is 0 Å². The first-order valence-electron chi connectivity index (χ1n) is 9.66. The van der Waals surface area contributed by atoms with Gasteiger partial charge in [0.1, 0.15) is 11.5 Å². The van der Waals surface area contributed by atoms with Crippen molar-refractivity contribution in [2.75, 3.05) is 13.1 Å². The summed E-state index contributed by atoms with van der Waals surface area (Å²) in [5.41, 5.74) is 3.34. The largest absolute Gasteiger partial charge is 0.310 e. The number of benzene rings is 1. The highest BCUT2D eigenvalue weighted by Gasteiger charge is 2.27. The Morgan fingerprint density at radius 3 is 2.41 bits per heavy atom. The fraction of sp³-hybridized carbons (Fsp3) is 0.571. The second-order valence-electron chi connectivity index (χ2n) is 8.47. The predicted octanol–water partition coefficient (Wildman–Crippen LogP) is 4.12. The van der Waals surface area contributed by atoms with Crippen LogP contribution < -0.4 is 5.32 Å². The third-order valence-electron chi connectivity index (χ3n) is 5.59. The molecule has 1 aromatic carbocycles. The Hall–Kier alpha value is -1.79. The van der Waals surface area contributed by atoms with E-state index >= 15 is 0 Å². The van der Waals surface area contributed by atoms with Gasteiger partial charge in [0.2, 0.25) is 0 Å². The average molecular weight is 376 g/mol. The number of halogens is 2. The molecule has 0 radical (unpaired) electrons. The van der Waals surface area contributed by atoms with E-state index in [-0.39, 0.29) is 11.2 Å². The number of aromatic nitrogens is 2. The minimum absolute atomic E-state index is 0.221. The summed E-state index contributed by atoms with van der Waals surface area (Å²) in [7, 11) is 0. The maximum atomic E-state index is 14.1. The van der Waals surface area contributed by atoms with Crippen molar-refractivity contribution < 1.29 is 8.78 Å². The highest BCUT2D eigenvalue weighted by atomic mass is 19.1. The fourth-order valence-electron chi connectivity index (χ4n) is 3.82. The fourth-order valence-corrected chi connectivity index (χ4v) is 3.82. The summed E-state index contributed by atoms with van der Waals surface area (Å²) in [5.74, 6) is -1.18. The summed E-state index contributed by atoms with van der Waals surface area (Å²) in [5, 5.41) is 8.13. The lowest BCUT2D eigenvalue weighted by Gasteiger charge is -2.41. The molecule has 0 bridgehead atoms. The number of rotatable bonds is 4. The van der Waals surface area contributed by atoms with Crippen LogP contribution in [0.4, 0.5) is 8.78 Å². The maximum Gasteiger partial charge on any atom is 0.151 e. The summed E-state index contributed by atoms with van der Waals surface area (Å²) in [6.07, 6.45) is 2.24. The molecule has 1 fully saturated rings. The number of aryl methyl sites for hydroxylation is 1. The molecule has 0 unspecified atom stereocenters. The topological polar surface area (TPSA) is 33.1 Å². The molecule has 0 aliphatic carbocycles. The summed E-state index contributed by atoms with van der Waals surface area (Å²) in [4.78, 5) is 2.52. The minimum atomic E-state index is -0.602. The Morgan fingerprint density at radius 2 is 1.81 bits per heavy atom. The molecule has 0 spiro atoms. The highest BCUT2D eigenvalue weighted by molar-refractivity contribution is 5.38. The van der Waals surface area contributed by atoms with Gasteiger partial charge in [0.05, 0.1) is 5.69 Å². The molecule has 2 heterocycles. The molecule has 3 rings (SSSR count). The van der Waals surface area contributed by atoms with E-state index in [9.17, 15) is 8.78 Å². The zero-order valence-corrected chi connectivity index (χ0v) is 16.9. The zero-order valence-electron chi connectivity index (χ0n) is 16.9. The van der Waals surface area contributed by atoms with E-state index in [0.717, 1.165) is 48.9 Å². The summed E-state index contributed by atoms with van der Waals surface area (Å²) in [6, 6.07) is 4.07. The van der Waals surface area contributed by atoms with Crippen LogP contribution in [0.2, 0.25) is 0 Å². The molecule has 0 atom stereocenters. The molecule has 0 amide bonds. The minimum Gasteiger partial charge on any atom is -0.310 e. The molecule has 1 aromatic heterocycles. The van der Waals surface area contributed by atoms with E-state index in [0.29, 0.717) is 12.6 Å². The molecular formula is C21H30F2N4. The first kappa shape index (κ1) is 20.0. The van der Waals surface area contributed by atoms with Crippen LogP contribution in [0.1, 0.15) is 50.6 Å². The number of likely N-dealkylation sites (tertiary alicyclic amines) is 1. The summed E-state index contributed by atoms with van der Waals surface area (Å²) < 4.78 is 28.9. The number of hydrogen-bond donors (Lipinski definition) is 1. The maximum absolute atomic E-state index is 14.1. The van der Waals surface area contributed by atoms with Gasteiger partial charge in [-0.1, -0.05) is 0 Å². The van der Waals surface area contributed by atoms with Gasteiger partial charge in [-0.15, -0.1) is 0 Å². The standard InChI is InChI=1S/C21H30F2N4/c1-14-18(13-24-17-8-10-26(11-9-17)21(3,4)5)15(2)27(25-14)20-7-6-16(22)12-19(20)23/h6-7,12,17,24H,8-11,13H2,1-5H3. The second-order valence-corrected chi connectivity index (χ2v) is 8.47. The third kappa shape index (κ3) is 4.38. The van der Waals surface area contributed by atoms with Crippen LogP contribution >= 0.6 is 0 Å². The lowest BCUT2D eigenvalue weighted by Crippen LogP contribution is -2.49. The third-order valence-corrected chi connectivity index (χ3v) is 5.59. The predicted molar refractivity (Wildman–Crippen MR) is 104 cm³/mol. The lowest BCUT2D eigenvalue weighted by molar-refractivity contribution is 0.0960. The summed E-state index contributed by atoms with van der Waals surface area (Å²) in [6.45, 7) is 13.6. The smallest absolute Gasteiger partial charge is 0.151 e. The van der Waals surface area contributed by atoms with Gasteiger partial charge < -0.3 is 5.32 Å². The van der Waals surface area contributed by atoms with Crippen molar-refractivity contribution >= 4 is 0 Å². The number of nitrogens with one attached hydrogen (secondary N) is 1. The van der Waals surface area contributed by atoms with Crippen molar-refractivity contribution in [2.24, 2.45) is 0 Å². The molecule has 6 heteroatoms. The Kier molecular flexibility index (Phi) is 5.68.